The molecule has 0 fully saturated rings. The van der Waals surface area contributed by atoms with Crippen LogP contribution in [0.25, 0.3) is 10.2 Å². The van der Waals surface area contributed by atoms with Gasteiger partial charge in [0.2, 0.25) is 0 Å². The molecule has 146 valence electrons. The minimum atomic E-state index is 0.504. The highest BCUT2D eigenvalue weighted by Gasteiger charge is 2.18. The van der Waals surface area contributed by atoms with E-state index in [0.29, 0.717) is 12.0 Å². The van der Waals surface area contributed by atoms with Crippen LogP contribution < -0.4 is 5.32 Å². The zero-order valence-corrected chi connectivity index (χ0v) is 18.2. The lowest BCUT2D eigenvalue weighted by Crippen LogP contribution is -2.21. The molecular weight excluding hydrogens is 382 g/mol. The Hall–Kier alpha value is -1.85. The van der Waals surface area contributed by atoms with Crippen LogP contribution in [0, 0.1) is 5.92 Å². The van der Waals surface area contributed by atoms with E-state index in [1.54, 1.807) is 11.3 Å². The van der Waals surface area contributed by atoms with Gasteiger partial charge in [-0.2, -0.15) is 0 Å². The second kappa shape index (κ2) is 9.10. The van der Waals surface area contributed by atoms with E-state index in [0.717, 1.165) is 30.0 Å². The summed E-state index contributed by atoms with van der Waals surface area (Å²) in [5, 5.41) is 5.77. The van der Waals surface area contributed by atoms with Crippen LogP contribution in [0.5, 0.6) is 0 Å². The zero-order chi connectivity index (χ0) is 19.3. The van der Waals surface area contributed by atoms with Crippen LogP contribution >= 0.6 is 23.1 Å². The highest BCUT2D eigenvalue weighted by Crippen LogP contribution is 2.26. The van der Waals surface area contributed by atoms with E-state index in [9.17, 15) is 0 Å². The van der Waals surface area contributed by atoms with E-state index < -0.39 is 0 Å². The fourth-order valence-electron chi connectivity index (χ4n) is 3.42. The summed E-state index contributed by atoms with van der Waals surface area (Å²) in [6.07, 6.45) is 3.19. The number of rotatable bonds is 7. The van der Waals surface area contributed by atoms with Crippen molar-refractivity contribution in [3.05, 3.63) is 59.7 Å². The van der Waals surface area contributed by atoms with Crippen molar-refractivity contribution in [2.75, 3.05) is 17.6 Å². The number of aliphatic imine (C=N–C) groups is 1. The Labute approximate surface area is 175 Å². The molecule has 1 aliphatic rings. The van der Waals surface area contributed by atoms with Crippen molar-refractivity contribution in [1.82, 2.24) is 4.98 Å². The number of para-hydroxylation sites is 1. The van der Waals surface area contributed by atoms with Crippen LogP contribution in [0.2, 0.25) is 0 Å². The molecule has 0 amide bonds. The second-order valence-corrected chi connectivity index (χ2v) is 9.83. The maximum atomic E-state index is 4.96. The zero-order valence-electron chi connectivity index (χ0n) is 16.5. The number of aromatic nitrogens is 1. The van der Waals surface area contributed by atoms with Crippen LogP contribution in [0.1, 0.15) is 31.4 Å². The van der Waals surface area contributed by atoms with Gasteiger partial charge in [-0.1, -0.05) is 61.6 Å². The van der Waals surface area contributed by atoms with Crippen molar-refractivity contribution in [1.29, 1.82) is 0 Å². The van der Waals surface area contributed by atoms with Crippen LogP contribution in [0.15, 0.2) is 53.5 Å². The number of fused-ring (bicyclic) bond motifs is 1. The lowest BCUT2D eigenvalue weighted by Gasteiger charge is -2.23. The summed E-state index contributed by atoms with van der Waals surface area (Å²) in [7, 11) is 0. The summed E-state index contributed by atoms with van der Waals surface area (Å²) >= 11 is 3.65. The van der Waals surface area contributed by atoms with Gasteiger partial charge in [0, 0.05) is 18.7 Å². The molecule has 4 rings (SSSR count). The molecule has 28 heavy (non-hydrogen) atoms. The average molecular weight is 410 g/mol. The number of nitrogens with one attached hydrogen (secondary N) is 1. The van der Waals surface area contributed by atoms with Gasteiger partial charge in [-0.05, 0) is 42.0 Å². The Morgan fingerprint density at radius 2 is 1.86 bits per heavy atom. The second-order valence-electron chi connectivity index (χ2n) is 7.63. The predicted octanol–water partition coefficient (Wildman–Crippen LogP) is 6.05. The summed E-state index contributed by atoms with van der Waals surface area (Å²) < 4.78 is 1.23. The molecule has 0 saturated heterocycles. The monoisotopic (exact) mass is 409 g/mol. The third-order valence-electron chi connectivity index (χ3n) is 5.12. The van der Waals surface area contributed by atoms with E-state index in [1.807, 2.05) is 17.8 Å². The highest BCUT2D eigenvalue weighted by atomic mass is 32.2. The molecule has 0 radical (unpaired) electrons. The van der Waals surface area contributed by atoms with Gasteiger partial charge in [0.25, 0.3) is 0 Å². The predicted molar refractivity (Wildman–Crippen MR) is 125 cm³/mol. The third kappa shape index (κ3) is 4.95. The van der Waals surface area contributed by atoms with Crippen LogP contribution in [-0.4, -0.2) is 28.4 Å². The standard InChI is InChI=1S/C23H27N3S2/c1-16(2)19-12-14-27-22(25-19)15-18-9-7-17(8-10-18)11-13-24-23-26-20-5-3-4-6-21(20)28-23/h3-10,16,19H,11-15H2,1-2H3,(H,24,26). The molecule has 0 spiro atoms. The normalized spacial score (nSPS) is 17.1. The molecule has 1 atom stereocenters. The molecule has 3 nitrogen and oxygen atoms in total. The van der Waals surface area contributed by atoms with Gasteiger partial charge in [0.1, 0.15) is 0 Å². The molecule has 1 aliphatic heterocycles. The molecular formula is C23H27N3S2. The quantitative estimate of drug-likeness (QED) is 0.516. The van der Waals surface area contributed by atoms with Gasteiger partial charge < -0.3 is 5.32 Å². The molecule has 5 heteroatoms. The third-order valence-corrected chi connectivity index (χ3v) is 7.14. The molecule has 1 unspecified atom stereocenters. The molecule has 3 aromatic rings. The smallest absolute Gasteiger partial charge is 0.183 e. The first kappa shape index (κ1) is 19.5. The van der Waals surface area contributed by atoms with Crippen molar-refractivity contribution in [2.24, 2.45) is 10.9 Å². The van der Waals surface area contributed by atoms with E-state index in [2.05, 4.69) is 66.6 Å². The summed E-state index contributed by atoms with van der Waals surface area (Å²) in [4.78, 5) is 9.60. The summed E-state index contributed by atoms with van der Waals surface area (Å²) in [6, 6.07) is 17.8. The minimum absolute atomic E-state index is 0.504. The number of thiazole rings is 1. The maximum absolute atomic E-state index is 4.96. The molecule has 1 N–H and O–H groups in total. The number of nitrogens with zero attached hydrogens (tertiary/aromatic N) is 2. The SMILES string of the molecule is CC(C)C1CCSC(Cc2ccc(CCNc3nc4ccccc4s3)cc2)=N1. The Morgan fingerprint density at radius 1 is 1.07 bits per heavy atom. The van der Waals surface area contributed by atoms with Gasteiger partial charge in [0.15, 0.2) is 5.13 Å². The number of anilines is 1. The molecule has 2 aromatic carbocycles. The minimum Gasteiger partial charge on any atom is -0.361 e. The summed E-state index contributed by atoms with van der Waals surface area (Å²) in [5.74, 6) is 1.85. The lowest BCUT2D eigenvalue weighted by molar-refractivity contribution is 0.484. The fraction of sp³-hybridized carbons (Fsp3) is 0.391. The van der Waals surface area contributed by atoms with Crippen molar-refractivity contribution in [3.63, 3.8) is 0 Å². The van der Waals surface area contributed by atoms with Crippen molar-refractivity contribution in [3.8, 4) is 0 Å². The Bertz CT molecular complexity index is 911. The fourth-order valence-corrected chi connectivity index (χ4v) is 5.39. The van der Waals surface area contributed by atoms with Gasteiger partial charge >= 0.3 is 0 Å². The van der Waals surface area contributed by atoms with Crippen molar-refractivity contribution < 1.29 is 0 Å². The highest BCUT2D eigenvalue weighted by molar-refractivity contribution is 8.14. The number of hydrogen-bond acceptors (Lipinski definition) is 5. The van der Waals surface area contributed by atoms with Crippen LogP contribution in [0.3, 0.4) is 0 Å². The van der Waals surface area contributed by atoms with E-state index in [4.69, 9.17) is 4.99 Å². The molecule has 0 aliphatic carbocycles. The van der Waals surface area contributed by atoms with E-state index in [1.165, 1.54) is 33.0 Å². The van der Waals surface area contributed by atoms with Gasteiger partial charge in [-0.3, -0.25) is 4.99 Å². The number of benzene rings is 2. The van der Waals surface area contributed by atoms with Gasteiger partial charge in [0.05, 0.1) is 21.3 Å². The van der Waals surface area contributed by atoms with E-state index >= 15 is 0 Å². The summed E-state index contributed by atoms with van der Waals surface area (Å²) in [6.45, 7) is 5.45. The van der Waals surface area contributed by atoms with Crippen molar-refractivity contribution in [2.45, 2.75) is 39.2 Å². The molecule has 0 bridgehead atoms. The van der Waals surface area contributed by atoms with Gasteiger partial charge in [-0.25, -0.2) is 4.98 Å². The van der Waals surface area contributed by atoms with Crippen LogP contribution in [-0.2, 0) is 12.8 Å². The first-order chi connectivity index (χ1) is 13.7. The molecule has 0 saturated carbocycles. The van der Waals surface area contributed by atoms with Crippen molar-refractivity contribution >= 4 is 43.5 Å². The molecule has 1 aromatic heterocycles. The molecule has 2 heterocycles. The largest absolute Gasteiger partial charge is 0.361 e. The first-order valence-electron chi connectivity index (χ1n) is 10.0. The Balaban J connectivity index is 1.29. The van der Waals surface area contributed by atoms with Crippen LogP contribution in [0.4, 0.5) is 5.13 Å². The average Bonchev–Trinajstić information content (AvgIpc) is 3.12. The maximum Gasteiger partial charge on any atom is 0.183 e. The van der Waals surface area contributed by atoms with E-state index in [-0.39, 0.29) is 0 Å². The Morgan fingerprint density at radius 3 is 2.64 bits per heavy atom. The summed E-state index contributed by atoms with van der Waals surface area (Å²) in [5.41, 5.74) is 3.79. The Kier molecular flexibility index (Phi) is 6.33. The number of thioether (sulfide) groups is 1. The first-order valence-corrected chi connectivity index (χ1v) is 11.8. The lowest BCUT2D eigenvalue weighted by atomic mass is 10.0. The number of hydrogen-bond donors (Lipinski definition) is 1. The van der Waals surface area contributed by atoms with Gasteiger partial charge in [-0.15, -0.1) is 11.8 Å². The topological polar surface area (TPSA) is 37.3 Å².